The quantitative estimate of drug-likeness (QED) is 0.895. The summed E-state index contributed by atoms with van der Waals surface area (Å²) in [6.45, 7) is 10.2. The molecule has 1 aromatic carbocycles. The first-order valence-corrected chi connectivity index (χ1v) is 6.74. The first-order chi connectivity index (χ1) is 9.06. The van der Waals surface area contributed by atoms with Crippen molar-refractivity contribution in [3.8, 4) is 0 Å². The molecule has 0 atom stereocenters. The molecule has 1 heterocycles. The Kier molecular flexibility index (Phi) is 4.20. The maximum Gasteiger partial charge on any atom is 0.146 e. The second-order valence-electron chi connectivity index (χ2n) is 5.40. The number of hydrogen-bond acceptors (Lipinski definition) is 3. The summed E-state index contributed by atoms with van der Waals surface area (Å²) in [5.74, 6) is 1.55. The molecule has 4 heteroatoms. The maximum absolute atomic E-state index is 4.31. The number of nitrogens with one attached hydrogen (secondary N) is 1. The third-order valence-corrected chi connectivity index (χ3v) is 3.19. The fourth-order valence-electron chi connectivity index (χ4n) is 1.96. The lowest BCUT2D eigenvalue weighted by atomic mass is 10.1. The second kappa shape index (κ2) is 5.87. The van der Waals surface area contributed by atoms with Crippen LogP contribution in [0.5, 0.6) is 0 Å². The summed E-state index contributed by atoms with van der Waals surface area (Å²) in [6.07, 6.45) is 1.62. The average molecular weight is 258 g/mol. The summed E-state index contributed by atoms with van der Waals surface area (Å²) in [5.41, 5.74) is 3.74. The van der Waals surface area contributed by atoms with Crippen molar-refractivity contribution in [2.75, 3.05) is 5.32 Å². The Hall–Kier alpha value is -1.84. The van der Waals surface area contributed by atoms with E-state index in [2.05, 4.69) is 61.3 Å². The number of aryl methyl sites for hydroxylation is 2. The summed E-state index contributed by atoms with van der Waals surface area (Å²) in [4.78, 5) is 4.31. The molecule has 0 saturated carbocycles. The van der Waals surface area contributed by atoms with Crippen LogP contribution in [0.25, 0.3) is 0 Å². The molecule has 2 aromatic rings. The van der Waals surface area contributed by atoms with Gasteiger partial charge in [-0.25, -0.2) is 9.67 Å². The van der Waals surface area contributed by atoms with Gasteiger partial charge in [-0.3, -0.25) is 0 Å². The zero-order valence-corrected chi connectivity index (χ0v) is 12.1. The van der Waals surface area contributed by atoms with Gasteiger partial charge in [0, 0.05) is 12.2 Å². The van der Waals surface area contributed by atoms with Crippen molar-refractivity contribution in [2.24, 2.45) is 5.92 Å². The van der Waals surface area contributed by atoms with E-state index in [1.54, 1.807) is 6.33 Å². The molecule has 1 aromatic heterocycles. The number of benzene rings is 1. The summed E-state index contributed by atoms with van der Waals surface area (Å²) in [5, 5.41) is 7.67. The normalized spacial score (nSPS) is 11.0. The lowest BCUT2D eigenvalue weighted by molar-refractivity contribution is 0.468. The Morgan fingerprint density at radius 1 is 1.21 bits per heavy atom. The van der Waals surface area contributed by atoms with E-state index in [0.717, 1.165) is 18.1 Å². The van der Waals surface area contributed by atoms with Gasteiger partial charge in [-0.1, -0.05) is 19.9 Å². The van der Waals surface area contributed by atoms with Gasteiger partial charge in [0.2, 0.25) is 0 Å². The third kappa shape index (κ3) is 3.56. The molecule has 19 heavy (non-hydrogen) atoms. The van der Waals surface area contributed by atoms with Gasteiger partial charge in [-0.15, -0.1) is 0 Å². The van der Waals surface area contributed by atoms with Crippen molar-refractivity contribution < 1.29 is 0 Å². The maximum atomic E-state index is 4.31. The van der Waals surface area contributed by atoms with Gasteiger partial charge in [-0.2, -0.15) is 5.10 Å². The van der Waals surface area contributed by atoms with Crippen molar-refractivity contribution in [3.05, 3.63) is 41.5 Å². The zero-order chi connectivity index (χ0) is 13.8. The standard InChI is InChI=1S/C15H22N4/c1-11(2)9-19-15(17-10-18-19)8-16-14-6-5-12(3)13(4)7-14/h5-7,10-11,16H,8-9H2,1-4H3. The van der Waals surface area contributed by atoms with Gasteiger partial charge in [0.25, 0.3) is 0 Å². The van der Waals surface area contributed by atoms with E-state index < -0.39 is 0 Å². The molecule has 0 aliphatic heterocycles. The fraction of sp³-hybridized carbons (Fsp3) is 0.467. The van der Waals surface area contributed by atoms with Crippen molar-refractivity contribution in [1.82, 2.24) is 14.8 Å². The number of rotatable bonds is 5. The topological polar surface area (TPSA) is 42.7 Å². The molecule has 0 aliphatic rings. The number of anilines is 1. The minimum atomic E-state index is 0.571. The summed E-state index contributed by atoms with van der Waals surface area (Å²) in [7, 11) is 0. The van der Waals surface area contributed by atoms with Crippen LogP contribution in [0, 0.1) is 19.8 Å². The van der Waals surface area contributed by atoms with Crippen LogP contribution < -0.4 is 5.32 Å². The molecule has 0 aliphatic carbocycles. The van der Waals surface area contributed by atoms with E-state index in [0.29, 0.717) is 12.5 Å². The highest BCUT2D eigenvalue weighted by Crippen LogP contribution is 2.15. The predicted molar refractivity (Wildman–Crippen MR) is 78.1 cm³/mol. The lowest BCUT2D eigenvalue weighted by Crippen LogP contribution is -2.13. The molecule has 2 rings (SSSR count). The molecular weight excluding hydrogens is 236 g/mol. The highest BCUT2D eigenvalue weighted by atomic mass is 15.3. The molecule has 0 spiro atoms. The molecule has 4 nitrogen and oxygen atoms in total. The fourth-order valence-corrected chi connectivity index (χ4v) is 1.96. The monoisotopic (exact) mass is 258 g/mol. The van der Waals surface area contributed by atoms with Crippen LogP contribution in [0.4, 0.5) is 5.69 Å². The Labute approximate surface area is 114 Å². The number of hydrogen-bond donors (Lipinski definition) is 1. The van der Waals surface area contributed by atoms with Crippen LogP contribution in [0.1, 0.15) is 30.8 Å². The van der Waals surface area contributed by atoms with Gasteiger partial charge < -0.3 is 5.32 Å². The molecular formula is C15H22N4. The highest BCUT2D eigenvalue weighted by Gasteiger charge is 2.06. The van der Waals surface area contributed by atoms with Crippen LogP contribution in [0.15, 0.2) is 24.5 Å². The molecule has 0 saturated heterocycles. The van der Waals surface area contributed by atoms with E-state index in [-0.39, 0.29) is 0 Å². The minimum absolute atomic E-state index is 0.571. The summed E-state index contributed by atoms with van der Waals surface area (Å²) < 4.78 is 1.97. The van der Waals surface area contributed by atoms with E-state index in [9.17, 15) is 0 Å². The Bertz CT molecular complexity index is 543. The molecule has 0 fully saturated rings. The third-order valence-electron chi connectivity index (χ3n) is 3.19. The molecule has 1 N–H and O–H groups in total. The number of nitrogens with zero attached hydrogens (tertiary/aromatic N) is 3. The van der Waals surface area contributed by atoms with Crippen LogP contribution in [0.3, 0.4) is 0 Å². The van der Waals surface area contributed by atoms with E-state index in [1.807, 2.05) is 4.68 Å². The molecule has 0 unspecified atom stereocenters. The van der Waals surface area contributed by atoms with E-state index in [4.69, 9.17) is 0 Å². The van der Waals surface area contributed by atoms with Crippen LogP contribution >= 0.6 is 0 Å². The molecule has 102 valence electrons. The van der Waals surface area contributed by atoms with Gasteiger partial charge >= 0.3 is 0 Å². The second-order valence-corrected chi connectivity index (χ2v) is 5.40. The van der Waals surface area contributed by atoms with Crippen LogP contribution in [0.2, 0.25) is 0 Å². The minimum Gasteiger partial charge on any atom is -0.378 e. The molecule has 0 amide bonds. The predicted octanol–water partition coefficient (Wildman–Crippen LogP) is 3.16. The Balaban J connectivity index is 2.02. The SMILES string of the molecule is Cc1ccc(NCc2ncnn2CC(C)C)cc1C. The smallest absolute Gasteiger partial charge is 0.146 e. The van der Waals surface area contributed by atoms with Crippen molar-refractivity contribution >= 4 is 5.69 Å². The van der Waals surface area contributed by atoms with Crippen molar-refractivity contribution in [3.63, 3.8) is 0 Å². The average Bonchev–Trinajstić information content (AvgIpc) is 2.77. The summed E-state index contributed by atoms with van der Waals surface area (Å²) >= 11 is 0. The lowest BCUT2D eigenvalue weighted by Gasteiger charge is -2.11. The van der Waals surface area contributed by atoms with E-state index in [1.165, 1.54) is 11.1 Å². The molecule has 0 bridgehead atoms. The number of aromatic nitrogens is 3. The van der Waals surface area contributed by atoms with Crippen molar-refractivity contribution in [2.45, 2.75) is 40.8 Å². The highest BCUT2D eigenvalue weighted by molar-refractivity contribution is 5.48. The van der Waals surface area contributed by atoms with E-state index >= 15 is 0 Å². The first kappa shape index (κ1) is 13.6. The summed E-state index contributed by atoms with van der Waals surface area (Å²) in [6, 6.07) is 6.40. The van der Waals surface area contributed by atoms with Gasteiger partial charge in [-0.05, 0) is 43.0 Å². The largest absolute Gasteiger partial charge is 0.378 e. The van der Waals surface area contributed by atoms with Gasteiger partial charge in [0.05, 0.1) is 6.54 Å². The van der Waals surface area contributed by atoms with Crippen molar-refractivity contribution in [1.29, 1.82) is 0 Å². The first-order valence-electron chi connectivity index (χ1n) is 6.74. The van der Waals surface area contributed by atoms with Gasteiger partial charge in [0.15, 0.2) is 0 Å². The van der Waals surface area contributed by atoms with Gasteiger partial charge in [0.1, 0.15) is 12.2 Å². The Morgan fingerprint density at radius 2 is 2.00 bits per heavy atom. The Morgan fingerprint density at radius 3 is 2.68 bits per heavy atom. The molecule has 0 radical (unpaired) electrons. The van der Waals surface area contributed by atoms with Crippen LogP contribution in [-0.2, 0) is 13.1 Å². The zero-order valence-electron chi connectivity index (χ0n) is 12.1. The van der Waals surface area contributed by atoms with Crippen LogP contribution in [-0.4, -0.2) is 14.8 Å².